The van der Waals surface area contributed by atoms with Gasteiger partial charge in [0, 0.05) is 37.6 Å². The van der Waals surface area contributed by atoms with Crippen molar-refractivity contribution < 1.29 is 14.6 Å². The molecule has 5 heteroatoms. The highest BCUT2D eigenvalue weighted by Crippen LogP contribution is 2.62. The number of hydrogen-bond acceptors (Lipinski definition) is 3. The molecule has 2 aliphatic carbocycles. The first-order chi connectivity index (χ1) is 9.54. The average molecular weight is 282 g/mol. The molecule has 0 bridgehead atoms. The van der Waals surface area contributed by atoms with Crippen molar-refractivity contribution in [2.45, 2.75) is 57.3 Å². The van der Waals surface area contributed by atoms with Gasteiger partial charge in [0.1, 0.15) is 0 Å². The Morgan fingerprint density at radius 3 is 2.90 bits per heavy atom. The summed E-state index contributed by atoms with van der Waals surface area (Å²) in [7, 11) is 1.80. The van der Waals surface area contributed by atoms with Crippen molar-refractivity contribution in [3.05, 3.63) is 0 Å². The van der Waals surface area contributed by atoms with E-state index in [0.29, 0.717) is 31.0 Å². The number of ether oxygens (including phenoxy) is 1. The fourth-order valence-electron chi connectivity index (χ4n) is 4.18. The third-order valence-corrected chi connectivity index (χ3v) is 5.54. The monoisotopic (exact) mass is 282 g/mol. The molecule has 3 fully saturated rings. The van der Waals surface area contributed by atoms with E-state index in [2.05, 4.69) is 5.32 Å². The second-order valence-corrected chi connectivity index (χ2v) is 6.82. The van der Waals surface area contributed by atoms with E-state index < -0.39 is 0 Å². The third-order valence-electron chi connectivity index (χ3n) is 5.54. The SMILES string of the molecule is CC(O)CCN(C)C(=O)NC1C2CCOC2C12CCC2. The quantitative estimate of drug-likeness (QED) is 0.818. The van der Waals surface area contributed by atoms with Gasteiger partial charge in [-0.05, 0) is 32.6 Å². The van der Waals surface area contributed by atoms with Crippen molar-refractivity contribution in [3.63, 3.8) is 0 Å². The summed E-state index contributed by atoms with van der Waals surface area (Å²) in [6.45, 7) is 3.19. The summed E-state index contributed by atoms with van der Waals surface area (Å²) < 4.78 is 5.86. The van der Waals surface area contributed by atoms with Crippen molar-refractivity contribution in [2.24, 2.45) is 11.3 Å². The highest BCUT2D eigenvalue weighted by molar-refractivity contribution is 5.74. The summed E-state index contributed by atoms with van der Waals surface area (Å²) in [5, 5.41) is 12.5. The van der Waals surface area contributed by atoms with Gasteiger partial charge in [0.05, 0.1) is 12.2 Å². The lowest BCUT2D eigenvalue weighted by atomic mass is 9.46. The van der Waals surface area contributed by atoms with Crippen molar-refractivity contribution in [3.8, 4) is 0 Å². The van der Waals surface area contributed by atoms with Crippen LogP contribution in [0.15, 0.2) is 0 Å². The van der Waals surface area contributed by atoms with Crippen LogP contribution in [0.4, 0.5) is 4.79 Å². The molecule has 1 heterocycles. The predicted octanol–water partition coefficient (Wildman–Crippen LogP) is 1.36. The third kappa shape index (κ3) is 2.11. The van der Waals surface area contributed by atoms with Crippen LogP contribution in [0.3, 0.4) is 0 Å². The smallest absolute Gasteiger partial charge is 0.317 e. The molecule has 4 atom stereocenters. The zero-order valence-corrected chi connectivity index (χ0v) is 12.5. The minimum atomic E-state index is -0.362. The minimum Gasteiger partial charge on any atom is -0.393 e. The average Bonchev–Trinajstić information content (AvgIpc) is 2.76. The van der Waals surface area contributed by atoms with Crippen molar-refractivity contribution >= 4 is 6.03 Å². The fraction of sp³-hybridized carbons (Fsp3) is 0.933. The van der Waals surface area contributed by atoms with Crippen LogP contribution in [0.25, 0.3) is 0 Å². The van der Waals surface area contributed by atoms with E-state index in [9.17, 15) is 9.90 Å². The topological polar surface area (TPSA) is 61.8 Å². The number of fused-ring (bicyclic) bond motifs is 2. The van der Waals surface area contributed by atoms with Gasteiger partial charge in [0.15, 0.2) is 0 Å². The highest BCUT2D eigenvalue weighted by Gasteiger charge is 2.67. The van der Waals surface area contributed by atoms with E-state index in [0.717, 1.165) is 13.0 Å². The van der Waals surface area contributed by atoms with Crippen LogP contribution < -0.4 is 5.32 Å². The molecule has 0 aromatic carbocycles. The Bertz CT molecular complexity index is 381. The molecule has 0 aromatic rings. The maximum atomic E-state index is 12.3. The Morgan fingerprint density at radius 1 is 1.55 bits per heavy atom. The summed E-state index contributed by atoms with van der Waals surface area (Å²) in [5.74, 6) is 0.518. The number of nitrogens with zero attached hydrogens (tertiary/aromatic N) is 1. The van der Waals surface area contributed by atoms with Crippen LogP contribution in [-0.2, 0) is 4.74 Å². The molecule has 2 N–H and O–H groups in total. The molecule has 0 radical (unpaired) electrons. The van der Waals surface area contributed by atoms with Crippen LogP contribution >= 0.6 is 0 Å². The Kier molecular flexibility index (Phi) is 3.67. The maximum absolute atomic E-state index is 12.3. The Morgan fingerprint density at radius 2 is 2.30 bits per heavy atom. The molecule has 1 spiro atoms. The molecule has 3 aliphatic rings. The normalized spacial score (nSPS) is 34.9. The van der Waals surface area contributed by atoms with Gasteiger partial charge < -0.3 is 20.1 Å². The molecule has 1 aliphatic heterocycles. The van der Waals surface area contributed by atoms with Gasteiger partial charge >= 0.3 is 6.03 Å². The van der Waals surface area contributed by atoms with Crippen molar-refractivity contribution in [1.29, 1.82) is 0 Å². The first-order valence-electron chi connectivity index (χ1n) is 7.86. The lowest BCUT2D eigenvalue weighted by molar-refractivity contribution is -0.172. The van der Waals surface area contributed by atoms with Crippen LogP contribution in [0, 0.1) is 11.3 Å². The van der Waals surface area contributed by atoms with Gasteiger partial charge in [0.2, 0.25) is 0 Å². The van der Waals surface area contributed by atoms with Gasteiger partial charge in [-0.2, -0.15) is 0 Å². The molecule has 1 saturated heterocycles. The zero-order chi connectivity index (χ0) is 14.3. The van der Waals surface area contributed by atoms with E-state index in [1.807, 2.05) is 0 Å². The number of hydrogen-bond donors (Lipinski definition) is 2. The van der Waals surface area contributed by atoms with Gasteiger partial charge in [-0.15, -0.1) is 0 Å². The summed E-state index contributed by atoms with van der Waals surface area (Å²) in [4.78, 5) is 14.0. The van der Waals surface area contributed by atoms with Gasteiger partial charge in [-0.25, -0.2) is 4.79 Å². The maximum Gasteiger partial charge on any atom is 0.317 e. The second-order valence-electron chi connectivity index (χ2n) is 6.82. The molecule has 2 amide bonds. The van der Waals surface area contributed by atoms with E-state index in [1.165, 1.54) is 19.3 Å². The summed E-state index contributed by atoms with van der Waals surface area (Å²) in [5.41, 5.74) is 0.238. The first-order valence-corrected chi connectivity index (χ1v) is 7.86. The van der Waals surface area contributed by atoms with Gasteiger partial charge in [-0.1, -0.05) is 6.42 Å². The Labute approximate surface area is 120 Å². The largest absolute Gasteiger partial charge is 0.393 e. The summed E-state index contributed by atoms with van der Waals surface area (Å²) >= 11 is 0. The van der Waals surface area contributed by atoms with Crippen molar-refractivity contribution in [1.82, 2.24) is 10.2 Å². The highest BCUT2D eigenvalue weighted by atomic mass is 16.5. The second kappa shape index (κ2) is 5.19. The summed E-state index contributed by atoms with van der Waals surface area (Å²) in [6, 6.07) is 0.289. The van der Waals surface area contributed by atoms with Crippen LogP contribution in [-0.4, -0.2) is 54.5 Å². The lowest BCUT2D eigenvalue weighted by Gasteiger charge is -2.63. The molecule has 5 nitrogen and oxygen atoms in total. The number of carbonyl (C=O) groups excluding carboxylic acids is 1. The van der Waals surface area contributed by atoms with Crippen LogP contribution in [0.5, 0.6) is 0 Å². The molecular formula is C15H26N2O3. The van der Waals surface area contributed by atoms with E-state index >= 15 is 0 Å². The molecule has 2 saturated carbocycles. The number of amides is 2. The molecule has 4 unspecified atom stereocenters. The number of urea groups is 1. The molecular weight excluding hydrogens is 256 g/mol. The predicted molar refractivity (Wildman–Crippen MR) is 75.4 cm³/mol. The Hall–Kier alpha value is -0.810. The fourth-order valence-corrected chi connectivity index (χ4v) is 4.18. The van der Waals surface area contributed by atoms with Crippen LogP contribution in [0.1, 0.15) is 39.0 Å². The number of rotatable bonds is 4. The molecule has 114 valence electrons. The minimum absolute atomic E-state index is 0.00715. The van der Waals surface area contributed by atoms with Crippen molar-refractivity contribution in [2.75, 3.05) is 20.2 Å². The van der Waals surface area contributed by atoms with E-state index in [1.54, 1.807) is 18.9 Å². The van der Waals surface area contributed by atoms with Crippen LogP contribution in [0.2, 0.25) is 0 Å². The zero-order valence-electron chi connectivity index (χ0n) is 12.5. The number of aliphatic hydroxyl groups is 1. The van der Waals surface area contributed by atoms with Gasteiger partial charge in [-0.3, -0.25) is 0 Å². The Balaban J connectivity index is 1.55. The summed E-state index contributed by atoms with van der Waals surface area (Å²) in [6.07, 6.45) is 5.37. The van der Waals surface area contributed by atoms with E-state index in [4.69, 9.17) is 4.74 Å². The number of aliphatic hydroxyl groups excluding tert-OH is 1. The van der Waals surface area contributed by atoms with Gasteiger partial charge in [0.25, 0.3) is 0 Å². The molecule has 20 heavy (non-hydrogen) atoms. The number of nitrogens with one attached hydrogen (secondary N) is 1. The lowest BCUT2D eigenvalue weighted by Crippen LogP contribution is -2.72. The first kappa shape index (κ1) is 14.1. The molecule has 3 rings (SSSR count). The number of carbonyl (C=O) groups is 1. The standard InChI is InChI=1S/C15H26N2O3/c1-10(18)4-8-17(2)14(19)16-12-11-5-9-20-13(11)15(12)6-3-7-15/h10-13,18H,3-9H2,1-2H3,(H,16,19). The molecule has 0 aromatic heterocycles. The van der Waals surface area contributed by atoms with E-state index in [-0.39, 0.29) is 17.6 Å².